The number of hydrogen-bond acceptors (Lipinski definition) is 5. The molecule has 21 heavy (non-hydrogen) atoms. The molecule has 1 aromatic carbocycles. The van der Waals surface area contributed by atoms with Crippen LogP contribution in [0.3, 0.4) is 0 Å². The number of carbonyl (C=O) groups excluding carboxylic acids is 1. The van der Waals surface area contributed by atoms with Crippen LogP contribution < -0.4 is 14.8 Å². The summed E-state index contributed by atoms with van der Waals surface area (Å²) in [5.41, 5.74) is 1.57. The number of ether oxygens (including phenoxy) is 2. The third kappa shape index (κ3) is 3.34. The van der Waals surface area contributed by atoms with Crippen molar-refractivity contribution in [1.29, 1.82) is 0 Å². The highest BCUT2D eigenvalue weighted by atomic mass is 16.5. The Morgan fingerprint density at radius 2 is 1.95 bits per heavy atom. The number of nitrogens with zero attached hydrogens (tertiary/aromatic N) is 1. The number of nitrogens with one attached hydrogen (secondary N) is 1. The molecule has 1 N–H and O–H groups in total. The van der Waals surface area contributed by atoms with Crippen molar-refractivity contribution >= 4 is 5.91 Å². The minimum absolute atomic E-state index is 0.194. The molecule has 6 nitrogen and oxygen atoms in total. The summed E-state index contributed by atoms with van der Waals surface area (Å²) in [6.07, 6.45) is 0. The average molecular weight is 290 g/mol. The predicted octanol–water partition coefficient (Wildman–Crippen LogP) is 2.49. The molecule has 2 aromatic rings. The number of aromatic nitrogens is 1. The van der Waals surface area contributed by atoms with Crippen LogP contribution in [0.25, 0.3) is 0 Å². The van der Waals surface area contributed by atoms with Gasteiger partial charge in [-0.2, -0.15) is 0 Å². The smallest absolute Gasteiger partial charge is 0.290 e. The fourth-order valence-electron chi connectivity index (χ4n) is 1.94. The first kappa shape index (κ1) is 14.9. The van der Waals surface area contributed by atoms with Crippen molar-refractivity contribution in [3.05, 3.63) is 41.3 Å². The molecule has 0 saturated carbocycles. The van der Waals surface area contributed by atoms with E-state index in [9.17, 15) is 4.79 Å². The zero-order chi connectivity index (χ0) is 15.4. The minimum Gasteiger partial charge on any atom is -0.493 e. The van der Waals surface area contributed by atoms with Crippen molar-refractivity contribution in [2.45, 2.75) is 19.9 Å². The van der Waals surface area contributed by atoms with Crippen LogP contribution in [0.2, 0.25) is 0 Å². The van der Waals surface area contributed by atoms with Gasteiger partial charge in [-0.05, 0) is 31.5 Å². The first-order valence-corrected chi connectivity index (χ1v) is 6.51. The second-order valence-electron chi connectivity index (χ2n) is 4.64. The third-order valence-corrected chi connectivity index (χ3v) is 3.11. The SMILES string of the molecule is COc1ccc([C@@H](C)NC(=O)c2cc(C)no2)cc1OC. The quantitative estimate of drug-likeness (QED) is 0.915. The molecule has 0 aliphatic carbocycles. The lowest BCUT2D eigenvalue weighted by atomic mass is 10.1. The standard InChI is InChI=1S/C15H18N2O4/c1-9-7-14(21-17-9)15(18)16-10(2)11-5-6-12(19-3)13(8-11)20-4/h5-8,10H,1-4H3,(H,16,18)/t10-/m1/s1. The van der Waals surface area contributed by atoms with E-state index in [-0.39, 0.29) is 17.7 Å². The topological polar surface area (TPSA) is 73.6 Å². The summed E-state index contributed by atoms with van der Waals surface area (Å²) >= 11 is 0. The zero-order valence-electron chi connectivity index (χ0n) is 12.5. The van der Waals surface area contributed by atoms with E-state index in [2.05, 4.69) is 10.5 Å². The van der Waals surface area contributed by atoms with Gasteiger partial charge in [0.25, 0.3) is 5.91 Å². The molecule has 1 heterocycles. The number of methoxy groups -OCH3 is 2. The summed E-state index contributed by atoms with van der Waals surface area (Å²) in [7, 11) is 3.15. The van der Waals surface area contributed by atoms with Gasteiger partial charge >= 0.3 is 0 Å². The van der Waals surface area contributed by atoms with Crippen LogP contribution in [0.15, 0.2) is 28.8 Å². The number of hydrogen-bond donors (Lipinski definition) is 1. The van der Waals surface area contributed by atoms with Crippen LogP contribution in [-0.4, -0.2) is 25.3 Å². The predicted molar refractivity (Wildman–Crippen MR) is 76.7 cm³/mol. The Morgan fingerprint density at radius 3 is 2.52 bits per heavy atom. The highest BCUT2D eigenvalue weighted by Gasteiger charge is 2.16. The summed E-state index contributed by atoms with van der Waals surface area (Å²) in [4.78, 5) is 12.0. The number of benzene rings is 1. The van der Waals surface area contributed by atoms with Gasteiger partial charge < -0.3 is 19.3 Å². The van der Waals surface area contributed by atoms with Gasteiger partial charge in [-0.15, -0.1) is 0 Å². The number of aryl methyl sites for hydroxylation is 1. The van der Waals surface area contributed by atoms with Crippen molar-refractivity contribution in [3.63, 3.8) is 0 Å². The molecule has 1 aromatic heterocycles. The molecular formula is C15H18N2O4. The van der Waals surface area contributed by atoms with Crippen LogP contribution in [0, 0.1) is 6.92 Å². The molecule has 0 unspecified atom stereocenters. The van der Waals surface area contributed by atoms with E-state index in [1.54, 1.807) is 33.3 Å². The van der Waals surface area contributed by atoms with Gasteiger partial charge in [0.05, 0.1) is 26.0 Å². The molecule has 0 radical (unpaired) electrons. The van der Waals surface area contributed by atoms with Crippen molar-refractivity contribution < 1.29 is 18.8 Å². The Labute approximate surface area is 123 Å². The van der Waals surface area contributed by atoms with Crippen LogP contribution in [0.1, 0.15) is 34.8 Å². The van der Waals surface area contributed by atoms with E-state index in [0.717, 1.165) is 5.56 Å². The minimum atomic E-state index is -0.308. The zero-order valence-corrected chi connectivity index (χ0v) is 12.5. The van der Waals surface area contributed by atoms with Gasteiger partial charge in [0.1, 0.15) is 0 Å². The van der Waals surface area contributed by atoms with Gasteiger partial charge in [0, 0.05) is 6.07 Å². The molecule has 2 rings (SSSR count). The normalized spacial score (nSPS) is 11.8. The van der Waals surface area contributed by atoms with Gasteiger partial charge in [-0.25, -0.2) is 0 Å². The van der Waals surface area contributed by atoms with Crippen molar-refractivity contribution in [1.82, 2.24) is 10.5 Å². The molecule has 112 valence electrons. The molecule has 0 bridgehead atoms. The first-order chi connectivity index (χ1) is 10.0. The van der Waals surface area contributed by atoms with E-state index in [1.165, 1.54) is 0 Å². The molecule has 0 spiro atoms. The Hall–Kier alpha value is -2.50. The fraction of sp³-hybridized carbons (Fsp3) is 0.333. The van der Waals surface area contributed by atoms with E-state index in [0.29, 0.717) is 17.2 Å². The highest BCUT2D eigenvalue weighted by Crippen LogP contribution is 2.29. The van der Waals surface area contributed by atoms with E-state index in [1.807, 2.05) is 19.1 Å². The maximum Gasteiger partial charge on any atom is 0.290 e. The molecule has 0 fully saturated rings. The first-order valence-electron chi connectivity index (χ1n) is 6.51. The van der Waals surface area contributed by atoms with Gasteiger partial charge in [-0.3, -0.25) is 4.79 Å². The highest BCUT2D eigenvalue weighted by molar-refractivity contribution is 5.91. The van der Waals surface area contributed by atoms with E-state index in [4.69, 9.17) is 14.0 Å². The summed E-state index contributed by atoms with van der Waals surface area (Å²) in [6.45, 7) is 3.64. The summed E-state index contributed by atoms with van der Waals surface area (Å²) in [5, 5.41) is 6.54. The number of rotatable bonds is 5. The Morgan fingerprint density at radius 1 is 1.24 bits per heavy atom. The molecule has 6 heteroatoms. The average Bonchev–Trinajstić information content (AvgIpc) is 2.93. The molecule has 0 aliphatic rings. The second kappa shape index (κ2) is 6.30. The molecular weight excluding hydrogens is 272 g/mol. The van der Waals surface area contributed by atoms with Crippen LogP contribution >= 0.6 is 0 Å². The summed E-state index contributed by atoms with van der Waals surface area (Å²) in [6, 6.07) is 6.89. The van der Waals surface area contributed by atoms with Crippen molar-refractivity contribution in [3.8, 4) is 11.5 Å². The third-order valence-electron chi connectivity index (χ3n) is 3.11. The lowest BCUT2D eigenvalue weighted by Crippen LogP contribution is -2.26. The molecule has 1 amide bonds. The number of carbonyl (C=O) groups is 1. The summed E-state index contributed by atoms with van der Waals surface area (Å²) < 4.78 is 15.4. The lowest BCUT2D eigenvalue weighted by molar-refractivity contribution is 0.0902. The maximum absolute atomic E-state index is 12.0. The summed E-state index contributed by atoms with van der Waals surface area (Å²) in [5.74, 6) is 1.15. The Bertz CT molecular complexity index is 636. The van der Waals surface area contributed by atoms with Crippen molar-refractivity contribution in [2.75, 3.05) is 14.2 Å². The van der Waals surface area contributed by atoms with Gasteiger partial charge in [0.15, 0.2) is 11.5 Å². The molecule has 0 aliphatic heterocycles. The largest absolute Gasteiger partial charge is 0.493 e. The lowest BCUT2D eigenvalue weighted by Gasteiger charge is -2.15. The van der Waals surface area contributed by atoms with E-state index >= 15 is 0 Å². The van der Waals surface area contributed by atoms with Gasteiger partial charge in [-0.1, -0.05) is 11.2 Å². The molecule has 0 saturated heterocycles. The van der Waals surface area contributed by atoms with Crippen LogP contribution in [-0.2, 0) is 0 Å². The van der Waals surface area contributed by atoms with E-state index < -0.39 is 0 Å². The Kier molecular flexibility index (Phi) is 4.47. The van der Waals surface area contributed by atoms with Gasteiger partial charge in [0.2, 0.25) is 5.76 Å². The molecule has 1 atom stereocenters. The second-order valence-corrected chi connectivity index (χ2v) is 4.64. The number of amides is 1. The Balaban J connectivity index is 2.13. The van der Waals surface area contributed by atoms with Crippen molar-refractivity contribution in [2.24, 2.45) is 0 Å². The van der Waals surface area contributed by atoms with Crippen LogP contribution in [0.4, 0.5) is 0 Å². The monoisotopic (exact) mass is 290 g/mol. The van der Waals surface area contributed by atoms with Crippen LogP contribution in [0.5, 0.6) is 11.5 Å². The maximum atomic E-state index is 12.0. The fourth-order valence-corrected chi connectivity index (χ4v) is 1.94.